The van der Waals surface area contributed by atoms with Crippen molar-refractivity contribution in [1.82, 2.24) is 0 Å². The van der Waals surface area contributed by atoms with Crippen LogP contribution in [0.25, 0.3) is 0 Å². The van der Waals surface area contributed by atoms with Gasteiger partial charge < -0.3 is 20.1 Å². The fraction of sp³-hybridized carbons (Fsp3) is 0.364. The highest BCUT2D eigenvalue weighted by Crippen LogP contribution is 2.27. The van der Waals surface area contributed by atoms with E-state index in [0.29, 0.717) is 24.2 Å². The lowest BCUT2D eigenvalue weighted by Crippen LogP contribution is -2.22. The molecular formula is C22H26O6. The molecule has 0 heterocycles. The third kappa shape index (κ3) is 5.57. The number of methoxy groups -OCH3 is 1. The predicted molar refractivity (Wildman–Crippen MR) is 105 cm³/mol. The van der Waals surface area contributed by atoms with Crippen LogP contribution in [0.1, 0.15) is 36.5 Å². The number of ether oxygens (including phenoxy) is 1. The predicted octanol–water partition coefficient (Wildman–Crippen LogP) is 2.94. The highest BCUT2D eigenvalue weighted by Gasteiger charge is 2.21. The minimum atomic E-state index is -0.687. The first kappa shape index (κ1) is 21.4. The highest BCUT2D eigenvalue weighted by atomic mass is 16.5. The number of rotatable bonds is 10. The van der Waals surface area contributed by atoms with Crippen molar-refractivity contribution in [2.75, 3.05) is 7.11 Å². The lowest BCUT2D eigenvalue weighted by atomic mass is 9.92. The van der Waals surface area contributed by atoms with Crippen LogP contribution in [0.2, 0.25) is 0 Å². The molecule has 2 aromatic rings. The van der Waals surface area contributed by atoms with Crippen LogP contribution in [0.15, 0.2) is 36.4 Å². The molecule has 3 N–H and O–H groups in total. The van der Waals surface area contributed by atoms with Crippen LogP contribution in [-0.4, -0.2) is 34.0 Å². The first-order valence-corrected chi connectivity index (χ1v) is 9.18. The van der Waals surface area contributed by atoms with Crippen LogP contribution in [0.3, 0.4) is 0 Å². The average molecular weight is 386 g/mol. The van der Waals surface area contributed by atoms with Gasteiger partial charge in [-0.15, -0.1) is 0 Å². The molecule has 6 heteroatoms. The number of phenolic OH excluding ortho intramolecular Hbond substituents is 1. The Morgan fingerprint density at radius 2 is 1.46 bits per heavy atom. The molecule has 28 heavy (non-hydrogen) atoms. The Morgan fingerprint density at radius 1 is 0.929 bits per heavy atom. The normalized spacial score (nSPS) is 11.8. The maximum atomic E-state index is 12.4. The van der Waals surface area contributed by atoms with Crippen molar-refractivity contribution in [2.24, 2.45) is 5.92 Å². The van der Waals surface area contributed by atoms with Gasteiger partial charge in [0.05, 0.1) is 19.6 Å². The molecule has 2 aromatic carbocycles. The van der Waals surface area contributed by atoms with Crippen molar-refractivity contribution in [3.8, 4) is 17.2 Å². The number of carbonyl (C=O) groups is 2. The second-order valence-electron chi connectivity index (χ2n) is 6.78. The van der Waals surface area contributed by atoms with Gasteiger partial charge in [0, 0.05) is 18.4 Å². The van der Waals surface area contributed by atoms with Crippen molar-refractivity contribution in [1.29, 1.82) is 0 Å². The zero-order valence-corrected chi connectivity index (χ0v) is 16.1. The van der Waals surface area contributed by atoms with Crippen molar-refractivity contribution < 1.29 is 29.6 Å². The number of ketones is 2. The van der Waals surface area contributed by atoms with E-state index in [-0.39, 0.29) is 42.5 Å². The Hall–Kier alpha value is -2.86. The van der Waals surface area contributed by atoms with Gasteiger partial charge >= 0.3 is 0 Å². The minimum Gasteiger partial charge on any atom is -0.508 e. The molecule has 0 aliphatic carbocycles. The Kier molecular flexibility index (Phi) is 7.58. The first-order valence-electron chi connectivity index (χ1n) is 9.18. The Morgan fingerprint density at radius 3 is 2.00 bits per heavy atom. The molecule has 0 aromatic heterocycles. The standard InChI is InChI=1S/C22H26O6/c1-14(18(24)7-3-15-5-9-20(26)17(11-15)13-23)19(25)8-4-16-6-10-21(27)22(12-16)28-2/h5-6,9-12,14,23,26-27H,3-4,7-8,13H2,1-2H3. The quantitative estimate of drug-likeness (QED) is 0.543. The van der Waals surface area contributed by atoms with E-state index in [2.05, 4.69) is 0 Å². The summed E-state index contributed by atoms with van der Waals surface area (Å²) in [5.41, 5.74) is 2.09. The molecule has 0 aliphatic rings. The van der Waals surface area contributed by atoms with Gasteiger partial charge in [-0.25, -0.2) is 0 Å². The summed E-state index contributed by atoms with van der Waals surface area (Å²) < 4.78 is 5.06. The van der Waals surface area contributed by atoms with Crippen molar-refractivity contribution in [2.45, 2.75) is 39.2 Å². The van der Waals surface area contributed by atoms with Crippen LogP contribution in [0, 0.1) is 5.92 Å². The SMILES string of the molecule is COc1cc(CCC(=O)C(C)C(=O)CCc2ccc(O)c(CO)c2)ccc1O. The number of carbonyl (C=O) groups excluding carboxylic acids is 2. The monoisotopic (exact) mass is 386 g/mol. The van der Waals surface area contributed by atoms with E-state index in [9.17, 15) is 24.9 Å². The number of hydrogen-bond acceptors (Lipinski definition) is 6. The Bertz CT molecular complexity index is 773. The van der Waals surface area contributed by atoms with Gasteiger partial charge in [-0.05, 0) is 55.2 Å². The van der Waals surface area contributed by atoms with E-state index < -0.39 is 5.92 Å². The van der Waals surface area contributed by atoms with E-state index in [1.165, 1.54) is 19.2 Å². The zero-order chi connectivity index (χ0) is 20.7. The second-order valence-corrected chi connectivity index (χ2v) is 6.78. The van der Waals surface area contributed by atoms with Crippen LogP contribution >= 0.6 is 0 Å². The van der Waals surface area contributed by atoms with Gasteiger partial charge in [0.2, 0.25) is 0 Å². The van der Waals surface area contributed by atoms with E-state index in [4.69, 9.17) is 4.74 Å². The molecule has 150 valence electrons. The van der Waals surface area contributed by atoms with Crippen molar-refractivity contribution in [3.05, 3.63) is 53.1 Å². The van der Waals surface area contributed by atoms with Gasteiger partial charge in [-0.3, -0.25) is 9.59 Å². The molecule has 0 amide bonds. The third-order valence-corrected chi connectivity index (χ3v) is 4.84. The second kappa shape index (κ2) is 9.90. The average Bonchev–Trinajstić information content (AvgIpc) is 2.71. The summed E-state index contributed by atoms with van der Waals surface area (Å²) in [7, 11) is 1.46. The van der Waals surface area contributed by atoms with Gasteiger partial charge in [-0.2, -0.15) is 0 Å². The highest BCUT2D eigenvalue weighted by molar-refractivity contribution is 6.02. The molecular weight excluding hydrogens is 360 g/mol. The van der Waals surface area contributed by atoms with Crippen LogP contribution in [0.5, 0.6) is 17.2 Å². The fourth-order valence-corrected chi connectivity index (χ4v) is 2.95. The molecule has 0 spiro atoms. The molecule has 2 rings (SSSR count). The number of hydrogen-bond donors (Lipinski definition) is 3. The maximum Gasteiger partial charge on any atom is 0.160 e. The summed E-state index contributed by atoms with van der Waals surface area (Å²) in [5.74, 6) is -0.531. The molecule has 0 aliphatic heterocycles. The largest absolute Gasteiger partial charge is 0.508 e. The lowest BCUT2D eigenvalue weighted by molar-refractivity contribution is -0.132. The summed E-state index contributed by atoms with van der Waals surface area (Å²) in [5, 5.41) is 28.4. The van der Waals surface area contributed by atoms with E-state index in [0.717, 1.165) is 11.1 Å². The zero-order valence-electron chi connectivity index (χ0n) is 16.1. The third-order valence-electron chi connectivity index (χ3n) is 4.84. The summed E-state index contributed by atoms with van der Waals surface area (Å²) in [6, 6.07) is 9.77. The van der Waals surface area contributed by atoms with Gasteiger partial charge in [-0.1, -0.05) is 12.1 Å². The number of aliphatic hydroxyl groups excluding tert-OH is 1. The molecule has 1 atom stereocenters. The number of aromatic hydroxyl groups is 2. The minimum absolute atomic E-state index is 0.0204. The van der Waals surface area contributed by atoms with Crippen molar-refractivity contribution >= 4 is 11.6 Å². The lowest BCUT2D eigenvalue weighted by Gasteiger charge is -2.11. The van der Waals surface area contributed by atoms with E-state index in [1.54, 1.807) is 31.2 Å². The summed E-state index contributed by atoms with van der Waals surface area (Å²) in [4.78, 5) is 24.7. The van der Waals surface area contributed by atoms with Crippen molar-refractivity contribution in [3.63, 3.8) is 0 Å². The molecule has 0 fully saturated rings. The van der Waals surface area contributed by atoms with Gasteiger partial charge in [0.25, 0.3) is 0 Å². The molecule has 0 radical (unpaired) electrons. The Balaban J connectivity index is 1.87. The number of Topliss-reactive ketones (excluding diaryl/α,β-unsaturated/α-hetero) is 2. The van der Waals surface area contributed by atoms with E-state index in [1.807, 2.05) is 0 Å². The van der Waals surface area contributed by atoms with Crippen LogP contribution in [-0.2, 0) is 29.0 Å². The molecule has 1 unspecified atom stereocenters. The summed E-state index contributed by atoms with van der Waals surface area (Å²) in [6.45, 7) is 1.35. The van der Waals surface area contributed by atoms with Crippen LogP contribution < -0.4 is 4.74 Å². The molecule has 0 saturated heterocycles. The smallest absolute Gasteiger partial charge is 0.160 e. The Labute approximate surface area is 164 Å². The van der Waals surface area contributed by atoms with Crippen LogP contribution in [0.4, 0.5) is 0 Å². The fourth-order valence-electron chi connectivity index (χ4n) is 2.95. The number of phenols is 2. The number of aliphatic hydroxyl groups is 1. The molecule has 0 bridgehead atoms. The topological polar surface area (TPSA) is 104 Å². The van der Waals surface area contributed by atoms with Gasteiger partial charge in [0.1, 0.15) is 17.3 Å². The number of benzene rings is 2. The van der Waals surface area contributed by atoms with Gasteiger partial charge in [0.15, 0.2) is 11.5 Å². The molecule has 6 nitrogen and oxygen atoms in total. The summed E-state index contributed by atoms with van der Waals surface area (Å²) >= 11 is 0. The molecule has 0 saturated carbocycles. The maximum absolute atomic E-state index is 12.4. The summed E-state index contributed by atoms with van der Waals surface area (Å²) in [6.07, 6.45) is 1.36. The number of aryl methyl sites for hydroxylation is 2. The first-order chi connectivity index (χ1) is 13.3. The van der Waals surface area contributed by atoms with E-state index >= 15 is 0 Å².